The van der Waals surface area contributed by atoms with E-state index >= 15 is 0 Å². The second kappa shape index (κ2) is 8.88. The van der Waals surface area contributed by atoms with Crippen molar-refractivity contribution in [2.24, 2.45) is 4.99 Å². The molecular weight excluding hydrogens is 492 g/mol. The molecule has 3 N–H and O–H groups in total. The van der Waals surface area contributed by atoms with Gasteiger partial charge >= 0.3 is 6.09 Å². The number of fused-ring (bicyclic) bond motifs is 1. The maximum absolute atomic E-state index is 15.0. The van der Waals surface area contributed by atoms with Crippen LogP contribution in [0.3, 0.4) is 0 Å². The van der Waals surface area contributed by atoms with Crippen molar-refractivity contribution in [2.45, 2.75) is 19.0 Å². The SMILES string of the molecule is COc1cnc(C(=O)Nc2ccc(F)c(C3(C)Cn4c(nc(Cl)c4Cl)C(NC(=O)O)=N3)c2)cn1. The largest absolute Gasteiger partial charge is 0.480 e. The zero-order valence-electron chi connectivity index (χ0n) is 17.6. The van der Waals surface area contributed by atoms with Crippen LogP contribution in [0.4, 0.5) is 14.9 Å². The molecule has 1 aromatic carbocycles. The van der Waals surface area contributed by atoms with E-state index in [0.29, 0.717) is 0 Å². The van der Waals surface area contributed by atoms with Crippen LogP contribution >= 0.6 is 23.2 Å². The summed E-state index contributed by atoms with van der Waals surface area (Å²) in [5.41, 5.74) is -0.986. The fourth-order valence-electron chi connectivity index (χ4n) is 3.45. The number of amidine groups is 1. The molecule has 1 unspecified atom stereocenters. The van der Waals surface area contributed by atoms with Crippen molar-refractivity contribution < 1.29 is 23.8 Å². The van der Waals surface area contributed by atoms with E-state index in [4.69, 9.17) is 27.9 Å². The van der Waals surface area contributed by atoms with Crippen molar-refractivity contribution in [3.8, 4) is 5.88 Å². The molecule has 34 heavy (non-hydrogen) atoms. The topological polar surface area (TPSA) is 144 Å². The van der Waals surface area contributed by atoms with Crippen LogP contribution in [-0.2, 0) is 12.1 Å². The third-order valence-corrected chi connectivity index (χ3v) is 5.75. The van der Waals surface area contributed by atoms with E-state index in [1.807, 2.05) is 0 Å². The Balaban J connectivity index is 1.70. The van der Waals surface area contributed by atoms with Crippen LogP contribution in [0.2, 0.25) is 10.3 Å². The van der Waals surface area contributed by atoms with Crippen molar-refractivity contribution in [1.82, 2.24) is 24.8 Å². The van der Waals surface area contributed by atoms with Gasteiger partial charge in [-0.2, -0.15) is 0 Å². The minimum absolute atomic E-state index is 0.00393. The number of carbonyl (C=O) groups excluding carboxylic acids is 1. The van der Waals surface area contributed by atoms with Gasteiger partial charge in [-0.05, 0) is 25.1 Å². The number of hydrogen-bond donors (Lipinski definition) is 3. The number of anilines is 1. The molecule has 0 spiro atoms. The van der Waals surface area contributed by atoms with Gasteiger partial charge < -0.3 is 19.7 Å². The van der Waals surface area contributed by atoms with E-state index in [0.717, 1.165) is 6.07 Å². The molecule has 11 nitrogen and oxygen atoms in total. The number of methoxy groups -OCH3 is 1. The Bertz CT molecular complexity index is 1330. The number of carboxylic acid groups (broad SMARTS) is 1. The molecule has 4 rings (SSSR count). The quantitative estimate of drug-likeness (QED) is 0.491. The Morgan fingerprint density at radius 2 is 2.00 bits per heavy atom. The summed E-state index contributed by atoms with van der Waals surface area (Å²) >= 11 is 12.3. The summed E-state index contributed by atoms with van der Waals surface area (Å²) < 4.78 is 21.3. The molecule has 0 saturated carbocycles. The Labute approximate surface area is 201 Å². The van der Waals surface area contributed by atoms with Crippen LogP contribution in [0, 0.1) is 5.82 Å². The number of aliphatic imine (C=N–C) groups is 1. The Kier molecular flexibility index (Phi) is 6.11. The number of ether oxygens (including phenoxy) is 1. The zero-order valence-corrected chi connectivity index (χ0v) is 19.1. The lowest BCUT2D eigenvalue weighted by molar-refractivity contribution is 0.102. The lowest BCUT2D eigenvalue weighted by atomic mass is 9.90. The smallest absolute Gasteiger partial charge is 0.410 e. The molecular formula is C20H16Cl2FN7O4. The highest BCUT2D eigenvalue weighted by Gasteiger charge is 2.38. The van der Waals surface area contributed by atoms with E-state index in [1.165, 1.54) is 36.2 Å². The highest BCUT2D eigenvalue weighted by Crippen LogP contribution is 2.37. The molecule has 0 fully saturated rings. The molecule has 0 bridgehead atoms. The summed E-state index contributed by atoms with van der Waals surface area (Å²) in [7, 11) is 1.42. The molecule has 3 heterocycles. The Morgan fingerprint density at radius 1 is 1.24 bits per heavy atom. The monoisotopic (exact) mass is 507 g/mol. The average molecular weight is 508 g/mol. The van der Waals surface area contributed by atoms with Crippen LogP contribution in [0.5, 0.6) is 5.88 Å². The van der Waals surface area contributed by atoms with Gasteiger partial charge in [0, 0.05) is 11.3 Å². The molecule has 0 aliphatic carbocycles. The number of hydrogen-bond acceptors (Lipinski definition) is 7. The van der Waals surface area contributed by atoms with Crippen LogP contribution in [-0.4, -0.2) is 49.6 Å². The normalized spacial score (nSPS) is 16.9. The number of carbonyl (C=O) groups is 2. The van der Waals surface area contributed by atoms with Crippen molar-refractivity contribution in [1.29, 1.82) is 0 Å². The summed E-state index contributed by atoms with van der Waals surface area (Å²) in [5, 5.41) is 14.0. The lowest BCUT2D eigenvalue weighted by Gasteiger charge is -2.32. The van der Waals surface area contributed by atoms with E-state index < -0.39 is 23.4 Å². The van der Waals surface area contributed by atoms with E-state index in [9.17, 15) is 19.1 Å². The predicted octanol–water partition coefficient (Wildman–Crippen LogP) is 3.32. The first-order valence-electron chi connectivity index (χ1n) is 9.60. The molecule has 176 valence electrons. The number of rotatable bonds is 4. The van der Waals surface area contributed by atoms with Crippen molar-refractivity contribution >= 4 is 46.7 Å². The van der Waals surface area contributed by atoms with Crippen molar-refractivity contribution in [3.05, 3.63) is 63.8 Å². The minimum atomic E-state index is -1.40. The average Bonchev–Trinajstić information content (AvgIpc) is 3.08. The fraction of sp³-hybridized carbons (Fsp3) is 0.200. The number of imidazole rings is 1. The highest BCUT2D eigenvalue weighted by atomic mass is 35.5. The van der Waals surface area contributed by atoms with Gasteiger partial charge in [-0.15, -0.1) is 0 Å². The predicted molar refractivity (Wildman–Crippen MR) is 120 cm³/mol. The van der Waals surface area contributed by atoms with Gasteiger partial charge in [-0.1, -0.05) is 23.2 Å². The van der Waals surface area contributed by atoms with E-state index in [2.05, 4.69) is 30.6 Å². The number of nitrogens with one attached hydrogen (secondary N) is 2. The first kappa shape index (κ1) is 23.4. The maximum Gasteiger partial charge on any atom is 0.410 e. The fourth-order valence-corrected chi connectivity index (χ4v) is 3.81. The molecule has 0 radical (unpaired) electrons. The standard InChI is InChI=1S/C20H16Cl2FN7O4/c1-20(8-30-15(22)14(21)27-17(30)16(29-20)28-19(32)33)10-5-9(3-4-11(10)23)26-18(31)12-6-25-13(34-2)7-24-12/h3-7H,8H2,1-2H3,(H,26,31)(H,28,29)(H,32,33). The third kappa shape index (κ3) is 4.37. The zero-order chi connectivity index (χ0) is 24.6. The molecule has 1 atom stereocenters. The third-order valence-electron chi connectivity index (χ3n) is 5.00. The Hall–Kier alpha value is -3.77. The number of amides is 2. The number of halogens is 3. The van der Waals surface area contributed by atoms with Gasteiger partial charge in [0.25, 0.3) is 5.91 Å². The van der Waals surface area contributed by atoms with Crippen LogP contribution in [0.15, 0.2) is 35.6 Å². The number of benzene rings is 1. The summed E-state index contributed by atoms with van der Waals surface area (Å²) in [4.78, 5) is 40.2. The lowest BCUT2D eigenvalue weighted by Crippen LogP contribution is -2.41. The highest BCUT2D eigenvalue weighted by molar-refractivity contribution is 6.41. The van der Waals surface area contributed by atoms with Gasteiger partial charge in [0.05, 0.1) is 26.0 Å². The summed E-state index contributed by atoms with van der Waals surface area (Å²) in [6, 6.07) is 3.92. The van der Waals surface area contributed by atoms with Gasteiger partial charge in [-0.25, -0.2) is 24.1 Å². The van der Waals surface area contributed by atoms with E-state index in [1.54, 1.807) is 6.92 Å². The van der Waals surface area contributed by atoms with Gasteiger partial charge in [0.2, 0.25) is 5.88 Å². The number of aromatic nitrogens is 4. The summed E-state index contributed by atoms with van der Waals surface area (Å²) in [6.45, 7) is 1.59. The Morgan fingerprint density at radius 3 is 2.65 bits per heavy atom. The molecule has 1 aliphatic rings. The molecule has 3 aromatic rings. The second-order valence-electron chi connectivity index (χ2n) is 7.36. The van der Waals surface area contributed by atoms with Gasteiger partial charge in [0.1, 0.15) is 22.2 Å². The van der Waals surface area contributed by atoms with Gasteiger partial charge in [-0.3, -0.25) is 15.1 Å². The molecule has 0 saturated heterocycles. The van der Waals surface area contributed by atoms with E-state index in [-0.39, 0.29) is 51.3 Å². The molecule has 1 aliphatic heterocycles. The molecule has 2 aromatic heterocycles. The van der Waals surface area contributed by atoms with Crippen molar-refractivity contribution in [3.63, 3.8) is 0 Å². The maximum atomic E-state index is 15.0. The second-order valence-corrected chi connectivity index (χ2v) is 8.08. The van der Waals surface area contributed by atoms with Crippen LogP contribution in [0.1, 0.15) is 28.8 Å². The van der Waals surface area contributed by atoms with Gasteiger partial charge in [0.15, 0.2) is 16.8 Å². The van der Waals surface area contributed by atoms with Crippen LogP contribution in [0.25, 0.3) is 0 Å². The summed E-state index contributed by atoms with van der Waals surface area (Å²) in [5.74, 6) is -1.03. The minimum Gasteiger partial charge on any atom is -0.480 e. The molecule has 2 amide bonds. The first-order chi connectivity index (χ1) is 16.1. The van der Waals surface area contributed by atoms with Crippen molar-refractivity contribution in [2.75, 3.05) is 12.4 Å². The summed E-state index contributed by atoms with van der Waals surface area (Å²) in [6.07, 6.45) is 1.13. The van der Waals surface area contributed by atoms with Crippen LogP contribution < -0.4 is 15.4 Å². The molecule has 14 heteroatoms. The first-order valence-corrected chi connectivity index (χ1v) is 10.4. The number of nitrogens with zero attached hydrogens (tertiary/aromatic N) is 5.